The standard InChI is InChI=1S/C15H8N2O6/c18-14(19)10-4-7-2-1-3-16-13(7)9-5-8(17(22)23)6-11(12(9)10)15(20)21/h1-6H,(H,18,19)(H,20,21). The van der Waals surface area contributed by atoms with Crippen LogP contribution in [0.2, 0.25) is 0 Å². The summed E-state index contributed by atoms with van der Waals surface area (Å²) in [5.41, 5.74) is -0.824. The lowest BCUT2D eigenvalue weighted by Gasteiger charge is -2.09. The molecule has 0 spiro atoms. The van der Waals surface area contributed by atoms with Gasteiger partial charge >= 0.3 is 11.9 Å². The number of aromatic nitrogens is 1. The number of carboxylic acid groups (broad SMARTS) is 2. The van der Waals surface area contributed by atoms with Crippen LogP contribution in [0.1, 0.15) is 20.7 Å². The van der Waals surface area contributed by atoms with Crippen LogP contribution in [0.5, 0.6) is 0 Å². The smallest absolute Gasteiger partial charge is 0.336 e. The Bertz CT molecular complexity index is 1010. The number of non-ortho nitro benzene ring substituents is 1. The molecule has 0 amide bonds. The minimum absolute atomic E-state index is 0.0817. The van der Waals surface area contributed by atoms with Crippen LogP contribution in [0.4, 0.5) is 5.69 Å². The minimum atomic E-state index is -1.45. The topological polar surface area (TPSA) is 131 Å². The van der Waals surface area contributed by atoms with Crippen LogP contribution in [0.25, 0.3) is 21.7 Å². The van der Waals surface area contributed by atoms with E-state index in [1.54, 1.807) is 12.1 Å². The second-order valence-electron chi connectivity index (χ2n) is 4.78. The number of nitrogens with zero attached hydrogens (tertiary/aromatic N) is 2. The number of carboxylic acids is 2. The molecule has 0 saturated heterocycles. The van der Waals surface area contributed by atoms with E-state index in [-0.39, 0.29) is 16.3 Å². The molecule has 0 fully saturated rings. The predicted octanol–water partition coefficient (Wildman–Crippen LogP) is 2.69. The van der Waals surface area contributed by atoms with E-state index in [1.165, 1.54) is 12.3 Å². The predicted molar refractivity (Wildman–Crippen MR) is 79.8 cm³/mol. The van der Waals surface area contributed by atoms with Gasteiger partial charge in [-0.2, -0.15) is 0 Å². The van der Waals surface area contributed by atoms with E-state index in [4.69, 9.17) is 0 Å². The quantitative estimate of drug-likeness (QED) is 0.432. The van der Waals surface area contributed by atoms with Crippen molar-refractivity contribution in [2.75, 3.05) is 0 Å². The van der Waals surface area contributed by atoms with Crippen molar-refractivity contribution in [1.82, 2.24) is 4.98 Å². The number of benzene rings is 2. The Labute approximate surface area is 127 Å². The molecule has 3 rings (SSSR count). The molecule has 114 valence electrons. The number of carbonyl (C=O) groups is 2. The zero-order valence-corrected chi connectivity index (χ0v) is 11.4. The highest BCUT2D eigenvalue weighted by atomic mass is 16.6. The SMILES string of the molecule is O=C(O)c1cc([N+](=O)[O-])cc2c1c(C(=O)O)cc1cccnc12. The Morgan fingerprint density at radius 3 is 2.35 bits per heavy atom. The Kier molecular flexibility index (Phi) is 3.14. The number of hydrogen-bond acceptors (Lipinski definition) is 5. The number of fused-ring (bicyclic) bond motifs is 3. The summed E-state index contributed by atoms with van der Waals surface area (Å²) in [5, 5.41) is 30.3. The van der Waals surface area contributed by atoms with E-state index in [0.29, 0.717) is 10.9 Å². The highest BCUT2D eigenvalue weighted by Crippen LogP contribution is 2.33. The van der Waals surface area contributed by atoms with Crippen molar-refractivity contribution in [2.24, 2.45) is 0 Å². The average Bonchev–Trinajstić information content (AvgIpc) is 2.52. The maximum absolute atomic E-state index is 11.5. The molecule has 23 heavy (non-hydrogen) atoms. The largest absolute Gasteiger partial charge is 0.478 e. The number of aromatic carboxylic acids is 2. The van der Waals surface area contributed by atoms with Crippen molar-refractivity contribution in [3.8, 4) is 0 Å². The molecule has 0 aliphatic heterocycles. The van der Waals surface area contributed by atoms with Crippen molar-refractivity contribution >= 4 is 39.3 Å². The van der Waals surface area contributed by atoms with Crippen LogP contribution in [0.15, 0.2) is 36.5 Å². The Morgan fingerprint density at radius 2 is 1.74 bits per heavy atom. The molecule has 3 aromatic rings. The third-order valence-corrected chi connectivity index (χ3v) is 3.46. The first-order chi connectivity index (χ1) is 10.9. The molecule has 0 atom stereocenters. The van der Waals surface area contributed by atoms with Crippen LogP contribution in [-0.2, 0) is 0 Å². The van der Waals surface area contributed by atoms with E-state index in [1.807, 2.05) is 0 Å². The molecule has 8 heteroatoms. The fourth-order valence-corrected chi connectivity index (χ4v) is 2.53. The van der Waals surface area contributed by atoms with Gasteiger partial charge in [-0.15, -0.1) is 0 Å². The highest BCUT2D eigenvalue weighted by molar-refractivity contribution is 6.20. The lowest BCUT2D eigenvalue weighted by atomic mass is 9.95. The number of hydrogen-bond donors (Lipinski definition) is 2. The molecule has 2 N–H and O–H groups in total. The van der Waals surface area contributed by atoms with E-state index in [0.717, 1.165) is 12.1 Å². The average molecular weight is 312 g/mol. The summed E-state index contributed by atoms with van der Waals surface area (Å²) in [7, 11) is 0. The van der Waals surface area contributed by atoms with E-state index in [2.05, 4.69) is 4.98 Å². The van der Waals surface area contributed by atoms with Gasteiger partial charge in [-0.05, 0) is 12.1 Å². The van der Waals surface area contributed by atoms with Gasteiger partial charge in [0.05, 0.1) is 21.6 Å². The molecule has 2 aromatic carbocycles. The zero-order valence-electron chi connectivity index (χ0n) is 11.4. The fourth-order valence-electron chi connectivity index (χ4n) is 2.53. The first kappa shape index (κ1) is 14.4. The van der Waals surface area contributed by atoms with Crippen LogP contribution >= 0.6 is 0 Å². The third-order valence-electron chi connectivity index (χ3n) is 3.46. The fraction of sp³-hybridized carbons (Fsp3) is 0. The van der Waals surface area contributed by atoms with E-state index >= 15 is 0 Å². The Balaban J connectivity index is 2.64. The van der Waals surface area contributed by atoms with E-state index in [9.17, 15) is 29.9 Å². The molecule has 0 unspecified atom stereocenters. The summed E-state index contributed by atoms with van der Waals surface area (Å²) in [6.45, 7) is 0. The second-order valence-corrected chi connectivity index (χ2v) is 4.78. The maximum Gasteiger partial charge on any atom is 0.336 e. The normalized spacial score (nSPS) is 10.8. The van der Waals surface area contributed by atoms with Gasteiger partial charge in [0.1, 0.15) is 0 Å². The van der Waals surface area contributed by atoms with Gasteiger partial charge < -0.3 is 10.2 Å². The molecule has 0 radical (unpaired) electrons. The minimum Gasteiger partial charge on any atom is -0.478 e. The van der Waals surface area contributed by atoms with Crippen LogP contribution < -0.4 is 0 Å². The molecule has 0 aliphatic rings. The molecule has 0 saturated carbocycles. The Hall–Kier alpha value is -3.55. The van der Waals surface area contributed by atoms with Crippen molar-refractivity contribution < 1.29 is 24.7 Å². The van der Waals surface area contributed by atoms with Gasteiger partial charge in [0, 0.05) is 34.5 Å². The van der Waals surface area contributed by atoms with Gasteiger partial charge in [-0.3, -0.25) is 15.1 Å². The molecule has 8 nitrogen and oxygen atoms in total. The van der Waals surface area contributed by atoms with Gasteiger partial charge in [0.25, 0.3) is 5.69 Å². The number of pyridine rings is 1. The molecular formula is C15H8N2O6. The van der Waals surface area contributed by atoms with Crippen molar-refractivity contribution in [3.05, 3.63) is 57.8 Å². The summed E-state index contributed by atoms with van der Waals surface area (Å²) in [4.78, 5) is 37.4. The summed E-state index contributed by atoms with van der Waals surface area (Å²) < 4.78 is 0. The zero-order chi connectivity index (χ0) is 16.7. The monoisotopic (exact) mass is 312 g/mol. The second kappa shape index (κ2) is 5.02. The van der Waals surface area contributed by atoms with Gasteiger partial charge in [0.15, 0.2) is 0 Å². The first-order valence-electron chi connectivity index (χ1n) is 6.36. The van der Waals surface area contributed by atoms with Crippen LogP contribution in [0.3, 0.4) is 0 Å². The number of rotatable bonds is 3. The highest BCUT2D eigenvalue weighted by Gasteiger charge is 2.23. The summed E-state index contributed by atoms with van der Waals surface area (Å²) in [5.74, 6) is -2.77. The first-order valence-corrected chi connectivity index (χ1v) is 6.36. The number of nitro benzene ring substituents is 1. The van der Waals surface area contributed by atoms with Gasteiger partial charge in [-0.25, -0.2) is 9.59 Å². The molecular weight excluding hydrogens is 304 g/mol. The summed E-state index contributed by atoms with van der Waals surface area (Å²) in [6, 6.07) is 6.50. The van der Waals surface area contributed by atoms with Crippen molar-refractivity contribution in [2.45, 2.75) is 0 Å². The third kappa shape index (κ3) is 2.22. The molecule has 1 aromatic heterocycles. The lowest BCUT2D eigenvalue weighted by molar-refractivity contribution is -0.384. The maximum atomic E-state index is 11.5. The van der Waals surface area contributed by atoms with Gasteiger partial charge in [0.2, 0.25) is 0 Å². The summed E-state index contributed by atoms with van der Waals surface area (Å²) in [6.07, 6.45) is 1.45. The Morgan fingerprint density at radius 1 is 1.09 bits per heavy atom. The van der Waals surface area contributed by atoms with Crippen molar-refractivity contribution in [3.63, 3.8) is 0 Å². The van der Waals surface area contributed by atoms with Gasteiger partial charge in [-0.1, -0.05) is 6.07 Å². The van der Waals surface area contributed by atoms with Crippen LogP contribution in [-0.4, -0.2) is 32.1 Å². The van der Waals surface area contributed by atoms with Crippen LogP contribution in [0, 0.1) is 10.1 Å². The molecule has 0 aliphatic carbocycles. The summed E-state index contributed by atoms with van der Waals surface area (Å²) >= 11 is 0. The van der Waals surface area contributed by atoms with Crippen molar-refractivity contribution in [1.29, 1.82) is 0 Å². The number of nitro groups is 1. The van der Waals surface area contributed by atoms with E-state index < -0.39 is 28.1 Å². The molecule has 1 heterocycles. The molecule has 0 bridgehead atoms. The lowest BCUT2D eigenvalue weighted by Crippen LogP contribution is -2.06.